The van der Waals surface area contributed by atoms with Crippen LogP contribution in [-0.4, -0.2) is 14.2 Å². The van der Waals surface area contributed by atoms with Gasteiger partial charge >= 0.3 is 0 Å². The van der Waals surface area contributed by atoms with E-state index in [4.69, 9.17) is 5.10 Å². The van der Waals surface area contributed by atoms with Gasteiger partial charge in [0.15, 0.2) is 0 Å². The average Bonchev–Trinajstić information content (AvgIpc) is 3.18. The quantitative estimate of drug-likeness (QED) is 0.382. The van der Waals surface area contributed by atoms with Crippen LogP contribution in [0.1, 0.15) is 0 Å². The van der Waals surface area contributed by atoms with Gasteiger partial charge in [-0.3, -0.25) is 9.36 Å². The number of nitrogens with zero attached hydrogens (tertiary/aromatic N) is 3. The Bertz CT molecular complexity index is 1400. The fraction of sp³-hybridized carbons (Fsp3) is 0.0435. The first-order chi connectivity index (χ1) is 13.6. The van der Waals surface area contributed by atoms with E-state index < -0.39 is 0 Å². The standard InChI is InChI=1S/C23H16BrN3O/c1-26-22-14-20(17-8-5-9-18(24)12-17)25-27(22)21-13-16(10-11-19(21)23(26)28)15-6-3-2-4-7-15/h2-14H,1H3. The second-order valence-corrected chi connectivity index (χ2v) is 7.69. The molecule has 0 bridgehead atoms. The van der Waals surface area contributed by atoms with Gasteiger partial charge in [-0.1, -0.05) is 64.5 Å². The Labute approximate surface area is 169 Å². The number of aryl methyl sites for hydroxylation is 1. The molecule has 4 nitrogen and oxygen atoms in total. The summed E-state index contributed by atoms with van der Waals surface area (Å²) in [6.45, 7) is 0. The molecule has 0 radical (unpaired) electrons. The van der Waals surface area contributed by atoms with Crippen LogP contribution in [-0.2, 0) is 7.05 Å². The van der Waals surface area contributed by atoms with Crippen LogP contribution in [0.4, 0.5) is 0 Å². The van der Waals surface area contributed by atoms with E-state index in [1.807, 2.05) is 71.2 Å². The zero-order chi connectivity index (χ0) is 19.3. The molecule has 0 aliphatic rings. The number of benzene rings is 3. The van der Waals surface area contributed by atoms with Crippen LogP contribution < -0.4 is 5.56 Å². The number of aromatic nitrogens is 3. The summed E-state index contributed by atoms with van der Waals surface area (Å²) in [5.41, 5.74) is 5.53. The van der Waals surface area contributed by atoms with E-state index in [1.165, 1.54) is 0 Å². The third kappa shape index (κ3) is 2.67. The number of hydrogen-bond acceptors (Lipinski definition) is 2. The van der Waals surface area contributed by atoms with Crippen molar-refractivity contribution >= 4 is 32.5 Å². The molecule has 0 unspecified atom stereocenters. The molecule has 28 heavy (non-hydrogen) atoms. The lowest BCUT2D eigenvalue weighted by Crippen LogP contribution is -2.19. The number of fused-ring (bicyclic) bond motifs is 3. The second kappa shape index (κ2) is 6.46. The maximum atomic E-state index is 12.9. The maximum absolute atomic E-state index is 12.9. The summed E-state index contributed by atoms with van der Waals surface area (Å²) in [6.07, 6.45) is 0. The molecule has 5 rings (SSSR count). The van der Waals surface area contributed by atoms with Crippen molar-refractivity contribution in [1.29, 1.82) is 0 Å². The first-order valence-corrected chi connectivity index (χ1v) is 9.75. The molecule has 0 aliphatic heterocycles. The lowest BCUT2D eigenvalue weighted by molar-refractivity contribution is 0.850. The number of hydrogen-bond donors (Lipinski definition) is 0. The van der Waals surface area contributed by atoms with Gasteiger partial charge in [0, 0.05) is 23.2 Å². The Morgan fingerprint density at radius 2 is 1.61 bits per heavy atom. The molecular formula is C23H16BrN3O. The van der Waals surface area contributed by atoms with Gasteiger partial charge < -0.3 is 0 Å². The topological polar surface area (TPSA) is 39.3 Å². The Balaban J connectivity index is 1.83. The molecule has 5 aromatic rings. The van der Waals surface area contributed by atoms with Crippen LogP contribution in [0.2, 0.25) is 0 Å². The van der Waals surface area contributed by atoms with Crippen molar-refractivity contribution in [2.24, 2.45) is 7.05 Å². The molecule has 0 amide bonds. The summed E-state index contributed by atoms with van der Waals surface area (Å²) < 4.78 is 4.51. The minimum absolute atomic E-state index is 0.0252. The van der Waals surface area contributed by atoms with Crippen LogP contribution >= 0.6 is 15.9 Å². The largest absolute Gasteiger partial charge is 0.296 e. The SMILES string of the molecule is Cn1c(=O)c2ccc(-c3ccccc3)cc2n2nc(-c3cccc(Br)c3)cc12. The molecule has 2 heterocycles. The van der Waals surface area contributed by atoms with Crippen molar-refractivity contribution in [3.63, 3.8) is 0 Å². The van der Waals surface area contributed by atoms with E-state index >= 15 is 0 Å². The smallest absolute Gasteiger partial charge is 0.261 e. The van der Waals surface area contributed by atoms with E-state index in [9.17, 15) is 4.79 Å². The van der Waals surface area contributed by atoms with Gasteiger partial charge in [-0.25, -0.2) is 4.52 Å². The predicted molar refractivity (Wildman–Crippen MR) is 117 cm³/mol. The molecule has 0 fully saturated rings. The lowest BCUT2D eigenvalue weighted by atomic mass is 10.0. The first-order valence-electron chi connectivity index (χ1n) is 8.96. The molecule has 2 aromatic heterocycles. The number of rotatable bonds is 2. The highest BCUT2D eigenvalue weighted by Crippen LogP contribution is 2.27. The van der Waals surface area contributed by atoms with Crippen LogP contribution in [0.25, 0.3) is 38.9 Å². The molecular weight excluding hydrogens is 414 g/mol. The van der Waals surface area contributed by atoms with Gasteiger partial charge in [0.2, 0.25) is 0 Å². The molecule has 0 atom stereocenters. The van der Waals surface area contributed by atoms with E-state index in [2.05, 4.69) is 28.1 Å². The Hall–Kier alpha value is -3.18. The van der Waals surface area contributed by atoms with Crippen molar-refractivity contribution in [2.45, 2.75) is 0 Å². The fourth-order valence-electron chi connectivity index (χ4n) is 3.56. The molecule has 0 saturated heterocycles. The molecule has 0 saturated carbocycles. The van der Waals surface area contributed by atoms with Crippen molar-refractivity contribution < 1.29 is 0 Å². The maximum Gasteiger partial charge on any atom is 0.261 e. The Morgan fingerprint density at radius 3 is 2.39 bits per heavy atom. The van der Waals surface area contributed by atoms with Gasteiger partial charge in [0.25, 0.3) is 5.56 Å². The zero-order valence-electron chi connectivity index (χ0n) is 15.1. The molecule has 0 spiro atoms. The minimum Gasteiger partial charge on any atom is -0.296 e. The summed E-state index contributed by atoms with van der Waals surface area (Å²) >= 11 is 3.51. The summed E-state index contributed by atoms with van der Waals surface area (Å²) in [5.74, 6) is 0. The summed E-state index contributed by atoms with van der Waals surface area (Å²) in [5, 5.41) is 5.48. The summed E-state index contributed by atoms with van der Waals surface area (Å²) in [6, 6.07) is 26.0. The van der Waals surface area contributed by atoms with Crippen LogP contribution in [0.5, 0.6) is 0 Å². The highest BCUT2D eigenvalue weighted by molar-refractivity contribution is 9.10. The van der Waals surface area contributed by atoms with Gasteiger partial charge in [0.1, 0.15) is 5.65 Å². The normalized spacial score (nSPS) is 11.4. The van der Waals surface area contributed by atoms with Crippen molar-refractivity contribution in [2.75, 3.05) is 0 Å². The molecule has 136 valence electrons. The molecule has 5 heteroatoms. The zero-order valence-corrected chi connectivity index (χ0v) is 16.7. The van der Waals surface area contributed by atoms with Gasteiger partial charge in [-0.05, 0) is 35.4 Å². The minimum atomic E-state index is -0.0252. The molecule has 3 aromatic carbocycles. The van der Waals surface area contributed by atoms with Crippen molar-refractivity contribution in [3.05, 3.63) is 93.7 Å². The van der Waals surface area contributed by atoms with Crippen LogP contribution in [0.3, 0.4) is 0 Å². The van der Waals surface area contributed by atoms with E-state index in [0.29, 0.717) is 5.39 Å². The highest BCUT2D eigenvalue weighted by Gasteiger charge is 2.14. The summed E-state index contributed by atoms with van der Waals surface area (Å²) in [7, 11) is 1.79. The first kappa shape index (κ1) is 17.0. The summed E-state index contributed by atoms with van der Waals surface area (Å²) in [4.78, 5) is 12.9. The Kier molecular flexibility index (Phi) is 3.91. The van der Waals surface area contributed by atoms with E-state index in [-0.39, 0.29) is 5.56 Å². The molecule has 0 N–H and O–H groups in total. The number of halogens is 1. The van der Waals surface area contributed by atoms with Gasteiger partial charge in [-0.15, -0.1) is 0 Å². The van der Waals surface area contributed by atoms with Gasteiger partial charge in [-0.2, -0.15) is 5.10 Å². The molecule has 0 aliphatic carbocycles. The third-order valence-corrected chi connectivity index (χ3v) is 5.52. The van der Waals surface area contributed by atoms with Crippen molar-refractivity contribution in [3.8, 4) is 22.4 Å². The fourth-order valence-corrected chi connectivity index (χ4v) is 3.96. The second-order valence-electron chi connectivity index (χ2n) is 6.77. The van der Waals surface area contributed by atoms with Crippen molar-refractivity contribution in [1.82, 2.24) is 14.2 Å². The Morgan fingerprint density at radius 1 is 0.821 bits per heavy atom. The monoisotopic (exact) mass is 429 g/mol. The van der Waals surface area contributed by atoms with Crippen LogP contribution in [0.15, 0.2) is 88.1 Å². The van der Waals surface area contributed by atoms with E-state index in [0.717, 1.165) is 38.0 Å². The average molecular weight is 430 g/mol. The third-order valence-electron chi connectivity index (χ3n) is 5.02. The van der Waals surface area contributed by atoms with Gasteiger partial charge in [0.05, 0.1) is 16.6 Å². The van der Waals surface area contributed by atoms with E-state index in [1.54, 1.807) is 11.6 Å². The lowest BCUT2D eigenvalue weighted by Gasteiger charge is -2.08. The van der Waals surface area contributed by atoms with Crippen LogP contribution in [0, 0.1) is 0 Å². The predicted octanol–water partition coefficient (Wildman–Crippen LogP) is 5.28. The highest BCUT2D eigenvalue weighted by atomic mass is 79.9.